The molecule has 1 fully saturated rings. The molecule has 3 N–H and O–H groups in total. The topological polar surface area (TPSA) is 94.8 Å². The number of carboxylic acids is 1. The second-order valence-electron chi connectivity index (χ2n) is 7.59. The zero-order chi connectivity index (χ0) is 21.2. The molecule has 0 aromatic rings. The van der Waals surface area contributed by atoms with Crippen LogP contribution in [-0.4, -0.2) is 32.9 Å². The highest BCUT2D eigenvalue weighted by Crippen LogP contribution is 2.33. The number of carbonyl (C=O) groups is 2. The normalized spacial score (nSPS) is 21.6. The van der Waals surface area contributed by atoms with Gasteiger partial charge in [-0.15, -0.1) is 0 Å². The van der Waals surface area contributed by atoms with Crippen LogP contribution in [0.5, 0.6) is 0 Å². The number of aliphatic carboxylic acids is 1. The highest BCUT2D eigenvalue weighted by atomic mass is 19.1. The van der Waals surface area contributed by atoms with E-state index in [-0.39, 0.29) is 42.2 Å². The molecule has 0 saturated heterocycles. The van der Waals surface area contributed by atoms with Gasteiger partial charge in [-0.05, 0) is 38.0 Å². The van der Waals surface area contributed by atoms with Crippen LogP contribution >= 0.6 is 0 Å². The third-order valence-electron chi connectivity index (χ3n) is 5.37. The number of ketones is 1. The minimum atomic E-state index is -2.73. The molecule has 5 nitrogen and oxygen atoms in total. The number of Topliss-reactive ketones (excluding diaryl/α,β-unsaturated/α-hetero) is 1. The summed E-state index contributed by atoms with van der Waals surface area (Å²) in [5.41, 5.74) is 0. The van der Waals surface area contributed by atoms with Crippen molar-refractivity contribution >= 4 is 11.8 Å². The first-order valence-electron chi connectivity index (χ1n) is 10.1. The molecule has 0 amide bonds. The maximum absolute atomic E-state index is 13.5. The van der Waals surface area contributed by atoms with Crippen molar-refractivity contribution in [3.05, 3.63) is 36.7 Å². The smallest absolute Gasteiger partial charge is 0.364 e. The summed E-state index contributed by atoms with van der Waals surface area (Å²) in [6, 6.07) is 0. The predicted molar refractivity (Wildman–Crippen MR) is 106 cm³/mol. The van der Waals surface area contributed by atoms with Crippen LogP contribution in [0.1, 0.15) is 64.7 Å². The van der Waals surface area contributed by atoms with E-state index in [1.807, 2.05) is 12.2 Å². The number of aliphatic hydroxyl groups is 2. The third-order valence-corrected chi connectivity index (χ3v) is 5.37. The SMILES string of the molecule is C=C(F)[C@H](CC=C[C@H]1CCC(=O)[C@@H]1CC=CCCC(O)(O)C(=O)O)CCCC. The molecule has 158 valence electrons. The van der Waals surface area contributed by atoms with Gasteiger partial charge >= 0.3 is 5.97 Å². The molecule has 0 aromatic carbocycles. The van der Waals surface area contributed by atoms with Gasteiger partial charge < -0.3 is 15.3 Å². The van der Waals surface area contributed by atoms with Crippen LogP contribution in [-0.2, 0) is 9.59 Å². The number of unbranched alkanes of at least 4 members (excludes halogenated alkanes) is 1. The summed E-state index contributed by atoms with van der Waals surface area (Å²) in [7, 11) is 0. The van der Waals surface area contributed by atoms with Gasteiger partial charge in [0.25, 0.3) is 5.79 Å². The van der Waals surface area contributed by atoms with Crippen molar-refractivity contribution in [3.63, 3.8) is 0 Å². The quantitative estimate of drug-likeness (QED) is 0.318. The van der Waals surface area contributed by atoms with Gasteiger partial charge in [0, 0.05) is 24.7 Å². The van der Waals surface area contributed by atoms with Gasteiger partial charge in [-0.1, -0.05) is 50.6 Å². The van der Waals surface area contributed by atoms with E-state index in [1.54, 1.807) is 12.2 Å². The van der Waals surface area contributed by atoms with E-state index in [9.17, 15) is 24.2 Å². The molecular weight excluding hydrogens is 363 g/mol. The lowest BCUT2D eigenvalue weighted by atomic mass is 9.90. The van der Waals surface area contributed by atoms with Gasteiger partial charge in [0.2, 0.25) is 0 Å². The first-order chi connectivity index (χ1) is 13.2. The fraction of sp³-hybridized carbons (Fsp3) is 0.636. The molecule has 1 rings (SSSR count). The molecule has 0 radical (unpaired) electrons. The Morgan fingerprint density at radius 3 is 2.68 bits per heavy atom. The number of hydrogen-bond donors (Lipinski definition) is 3. The highest BCUT2D eigenvalue weighted by molar-refractivity contribution is 5.83. The minimum Gasteiger partial charge on any atom is -0.477 e. The van der Waals surface area contributed by atoms with E-state index < -0.39 is 11.8 Å². The van der Waals surface area contributed by atoms with Crippen molar-refractivity contribution in [3.8, 4) is 0 Å². The summed E-state index contributed by atoms with van der Waals surface area (Å²) < 4.78 is 13.5. The molecular formula is C22H33FO5. The number of halogens is 1. The van der Waals surface area contributed by atoms with Gasteiger partial charge in [-0.25, -0.2) is 9.18 Å². The Morgan fingerprint density at radius 1 is 1.36 bits per heavy atom. The summed E-state index contributed by atoms with van der Waals surface area (Å²) in [5.74, 6) is -4.68. The molecule has 6 heteroatoms. The average Bonchev–Trinajstić information content (AvgIpc) is 2.97. The molecule has 28 heavy (non-hydrogen) atoms. The maximum Gasteiger partial charge on any atom is 0.364 e. The van der Waals surface area contributed by atoms with E-state index in [2.05, 4.69) is 13.5 Å². The monoisotopic (exact) mass is 396 g/mol. The zero-order valence-electron chi connectivity index (χ0n) is 16.6. The van der Waals surface area contributed by atoms with Gasteiger partial charge in [-0.3, -0.25) is 4.79 Å². The fourth-order valence-electron chi connectivity index (χ4n) is 3.49. The second kappa shape index (κ2) is 11.9. The summed E-state index contributed by atoms with van der Waals surface area (Å²) in [6.45, 7) is 5.50. The number of carboxylic acid groups (broad SMARTS) is 1. The Morgan fingerprint density at radius 2 is 2.07 bits per heavy atom. The molecule has 0 unspecified atom stereocenters. The zero-order valence-corrected chi connectivity index (χ0v) is 16.6. The number of hydrogen-bond acceptors (Lipinski definition) is 4. The van der Waals surface area contributed by atoms with Crippen LogP contribution in [0.15, 0.2) is 36.7 Å². The van der Waals surface area contributed by atoms with Gasteiger partial charge in [0.1, 0.15) is 5.78 Å². The lowest BCUT2D eigenvalue weighted by Gasteiger charge is -2.15. The first kappa shape index (κ1) is 24.2. The van der Waals surface area contributed by atoms with Crippen molar-refractivity contribution in [2.24, 2.45) is 17.8 Å². The Hall–Kier alpha value is -1.79. The lowest BCUT2D eigenvalue weighted by molar-refractivity contribution is -0.205. The minimum absolute atomic E-state index is 0.116. The lowest BCUT2D eigenvalue weighted by Crippen LogP contribution is -2.37. The maximum atomic E-state index is 13.5. The molecule has 0 spiro atoms. The molecule has 3 atom stereocenters. The van der Waals surface area contributed by atoms with Crippen molar-refractivity contribution in [2.75, 3.05) is 0 Å². The molecule has 0 aliphatic heterocycles. The number of allylic oxidation sites excluding steroid dienone is 5. The summed E-state index contributed by atoms with van der Waals surface area (Å²) in [4.78, 5) is 22.8. The van der Waals surface area contributed by atoms with Crippen LogP contribution in [0.2, 0.25) is 0 Å². The standard InChI is InChI=1S/C22H33FO5/c1-3-4-9-17(16(2)23)10-8-11-18-13-14-20(24)19(18)12-6-5-7-15-22(27,28)21(25)26/h5-6,8,11,17-19,27-28H,2-4,7,9-10,12-15H2,1H3,(H,25,26)/t17-,18-,19+/m0/s1. The molecule has 0 aromatic heterocycles. The Balaban J connectivity index is 2.52. The molecule has 1 aliphatic rings. The van der Waals surface area contributed by atoms with Crippen molar-refractivity contribution in [1.82, 2.24) is 0 Å². The highest BCUT2D eigenvalue weighted by Gasteiger charge is 2.33. The van der Waals surface area contributed by atoms with E-state index in [1.165, 1.54) is 0 Å². The summed E-state index contributed by atoms with van der Waals surface area (Å²) in [6.07, 6.45) is 12.5. The van der Waals surface area contributed by atoms with E-state index in [0.717, 1.165) is 25.7 Å². The third kappa shape index (κ3) is 8.07. The molecule has 1 saturated carbocycles. The predicted octanol–water partition coefficient (Wildman–Crippen LogP) is 4.31. The van der Waals surface area contributed by atoms with E-state index in [0.29, 0.717) is 19.3 Å². The van der Waals surface area contributed by atoms with E-state index in [4.69, 9.17) is 5.11 Å². The summed E-state index contributed by atoms with van der Waals surface area (Å²) in [5, 5.41) is 27.1. The van der Waals surface area contributed by atoms with Crippen LogP contribution in [0.3, 0.4) is 0 Å². The Labute approximate surface area is 166 Å². The fourth-order valence-corrected chi connectivity index (χ4v) is 3.49. The van der Waals surface area contributed by atoms with Crippen LogP contribution < -0.4 is 0 Å². The summed E-state index contributed by atoms with van der Waals surface area (Å²) >= 11 is 0. The Kier molecular flexibility index (Phi) is 10.3. The van der Waals surface area contributed by atoms with Crippen LogP contribution in [0.25, 0.3) is 0 Å². The van der Waals surface area contributed by atoms with Crippen molar-refractivity contribution in [2.45, 2.75) is 70.5 Å². The van der Waals surface area contributed by atoms with Crippen molar-refractivity contribution in [1.29, 1.82) is 0 Å². The van der Waals surface area contributed by atoms with Crippen LogP contribution in [0, 0.1) is 17.8 Å². The molecule has 0 heterocycles. The van der Waals surface area contributed by atoms with Crippen molar-refractivity contribution < 1.29 is 29.3 Å². The van der Waals surface area contributed by atoms with Gasteiger partial charge in [0.15, 0.2) is 0 Å². The number of carbonyl (C=O) groups excluding carboxylic acids is 1. The largest absolute Gasteiger partial charge is 0.477 e. The van der Waals surface area contributed by atoms with Gasteiger partial charge in [0.05, 0.1) is 5.83 Å². The van der Waals surface area contributed by atoms with Crippen LogP contribution in [0.4, 0.5) is 4.39 Å². The molecule has 0 bridgehead atoms. The second-order valence-corrected chi connectivity index (χ2v) is 7.59. The average molecular weight is 396 g/mol. The number of rotatable bonds is 13. The molecule has 1 aliphatic carbocycles. The van der Waals surface area contributed by atoms with Gasteiger partial charge in [-0.2, -0.15) is 0 Å². The Bertz CT molecular complexity index is 594. The first-order valence-corrected chi connectivity index (χ1v) is 10.1. The van der Waals surface area contributed by atoms with E-state index >= 15 is 0 Å².